The number of amides is 1. The Morgan fingerprint density at radius 3 is 2.56 bits per heavy atom. The number of hydrogen-bond acceptors (Lipinski definition) is 3. The maximum absolute atomic E-state index is 12.3. The molecule has 2 aromatic rings. The maximum Gasteiger partial charge on any atom is 0.265 e. The van der Waals surface area contributed by atoms with Crippen molar-refractivity contribution >= 4 is 11.6 Å². The van der Waals surface area contributed by atoms with Crippen LogP contribution in [0.2, 0.25) is 0 Å². The average Bonchev–Trinajstić information content (AvgIpc) is 2.63. The first-order valence-corrected chi connectivity index (χ1v) is 8.69. The van der Waals surface area contributed by atoms with E-state index in [2.05, 4.69) is 18.3 Å². The predicted molar refractivity (Wildman–Crippen MR) is 99.5 cm³/mol. The third-order valence-corrected chi connectivity index (χ3v) is 3.98. The Hall–Kier alpha value is -2.80. The molecule has 1 N–H and O–H groups in total. The summed E-state index contributed by atoms with van der Waals surface area (Å²) in [6.07, 6.45) is 4.04. The molecule has 0 aliphatic heterocycles. The van der Waals surface area contributed by atoms with Crippen LogP contribution in [0.5, 0.6) is 5.75 Å². The van der Waals surface area contributed by atoms with E-state index in [1.165, 1.54) is 24.8 Å². The van der Waals surface area contributed by atoms with Crippen LogP contribution in [-0.4, -0.2) is 12.0 Å². The number of rotatable bonds is 8. The molecule has 2 rings (SSSR count). The highest BCUT2D eigenvalue weighted by atomic mass is 16.5. The number of anilines is 1. The highest BCUT2D eigenvalue weighted by Crippen LogP contribution is 2.18. The van der Waals surface area contributed by atoms with Gasteiger partial charge in [0.05, 0.1) is 11.3 Å². The van der Waals surface area contributed by atoms with Crippen LogP contribution < -0.4 is 10.1 Å². The second-order valence-corrected chi connectivity index (χ2v) is 6.01. The molecule has 25 heavy (non-hydrogen) atoms. The number of ether oxygens (including phenoxy) is 1. The van der Waals surface area contributed by atoms with Crippen LogP contribution in [0.1, 0.15) is 44.2 Å². The zero-order valence-electron chi connectivity index (χ0n) is 14.8. The molecule has 130 valence electrons. The first kappa shape index (κ1) is 18.5. The molecule has 0 aromatic heterocycles. The van der Waals surface area contributed by atoms with Crippen LogP contribution in [0.15, 0.2) is 48.5 Å². The van der Waals surface area contributed by atoms with E-state index in [4.69, 9.17) is 10.00 Å². The van der Waals surface area contributed by atoms with Crippen molar-refractivity contribution in [3.05, 3.63) is 59.7 Å². The first-order chi connectivity index (χ1) is 12.1. The van der Waals surface area contributed by atoms with Crippen LogP contribution in [0.3, 0.4) is 0 Å². The molecular formula is C21H24N2O2. The number of unbranched alkanes of at least 4 members (excludes halogenated alkanes) is 2. The van der Waals surface area contributed by atoms with Gasteiger partial charge in [-0.1, -0.05) is 44.0 Å². The lowest BCUT2D eigenvalue weighted by Gasteiger charge is -2.15. The van der Waals surface area contributed by atoms with E-state index in [9.17, 15) is 4.79 Å². The summed E-state index contributed by atoms with van der Waals surface area (Å²) in [6, 6.07) is 16.8. The molecule has 4 heteroatoms. The number of nitrogens with one attached hydrogen (secondary N) is 1. The van der Waals surface area contributed by atoms with Gasteiger partial charge in [0.2, 0.25) is 0 Å². The summed E-state index contributed by atoms with van der Waals surface area (Å²) < 4.78 is 5.71. The Morgan fingerprint density at radius 1 is 1.16 bits per heavy atom. The number of benzene rings is 2. The molecule has 0 bridgehead atoms. The van der Waals surface area contributed by atoms with E-state index in [0.29, 0.717) is 17.0 Å². The van der Waals surface area contributed by atoms with Crippen LogP contribution in [0.25, 0.3) is 0 Å². The zero-order chi connectivity index (χ0) is 18.1. The van der Waals surface area contributed by atoms with Crippen molar-refractivity contribution < 1.29 is 9.53 Å². The third-order valence-electron chi connectivity index (χ3n) is 3.98. The van der Waals surface area contributed by atoms with Gasteiger partial charge in [0.15, 0.2) is 6.10 Å². The van der Waals surface area contributed by atoms with Gasteiger partial charge in [0.1, 0.15) is 11.8 Å². The number of aryl methyl sites for hydroxylation is 1. The molecule has 0 aliphatic carbocycles. The van der Waals surface area contributed by atoms with Crippen molar-refractivity contribution in [2.75, 3.05) is 5.32 Å². The van der Waals surface area contributed by atoms with Gasteiger partial charge < -0.3 is 10.1 Å². The minimum atomic E-state index is -0.655. The third kappa shape index (κ3) is 5.65. The highest BCUT2D eigenvalue weighted by Gasteiger charge is 2.16. The molecule has 0 fully saturated rings. The fourth-order valence-corrected chi connectivity index (χ4v) is 2.50. The molecule has 0 radical (unpaired) electrons. The van der Waals surface area contributed by atoms with Crippen LogP contribution in [0.4, 0.5) is 5.69 Å². The minimum Gasteiger partial charge on any atom is -0.481 e. The fourth-order valence-electron chi connectivity index (χ4n) is 2.50. The second kappa shape index (κ2) is 9.48. The van der Waals surface area contributed by atoms with Crippen molar-refractivity contribution in [2.45, 2.75) is 45.6 Å². The molecule has 0 spiro atoms. The van der Waals surface area contributed by atoms with Crippen molar-refractivity contribution in [1.82, 2.24) is 0 Å². The lowest BCUT2D eigenvalue weighted by molar-refractivity contribution is -0.122. The van der Waals surface area contributed by atoms with Gasteiger partial charge in [-0.15, -0.1) is 0 Å². The average molecular weight is 336 g/mol. The van der Waals surface area contributed by atoms with Crippen molar-refractivity contribution in [3.8, 4) is 11.8 Å². The molecule has 1 amide bonds. The standard InChI is InChI=1S/C21H24N2O2/c1-3-4-5-8-17-11-13-19(14-12-17)25-16(2)21(24)23-20-10-7-6-9-18(20)15-22/h6-7,9-14,16H,3-5,8H2,1-2H3,(H,23,24)/t16-/m0/s1. The topological polar surface area (TPSA) is 62.1 Å². The fraction of sp³-hybridized carbons (Fsp3) is 0.333. The van der Waals surface area contributed by atoms with E-state index >= 15 is 0 Å². The number of carbonyl (C=O) groups is 1. The summed E-state index contributed by atoms with van der Waals surface area (Å²) >= 11 is 0. The van der Waals surface area contributed by atoms with Gasteiger partial charge in [0, 0.05) is 0 Å². The van der Waals surface area contributed by atoms with Gasteiger partial charge >= 0.3 is 0 Å². The monoisotopic (exact) mass is 336 g/mol. The Labute approximate surface area is 149 Å². The molecule has 0 heterocycles. The van der Waals surface area contributed by atoms with E-state index in [0.717, 1.165) is 6.42 Å². The largest absolute Gasteiger partial charge is 0.481 e. The van der Waals surface area contributed by atoms with Crippen molar-refractivity contribution in [1.29, 1.82) is 5.26 Å². The Morgan fingerprint density at radius 2 is 1.88 bits per heavy atom. The zero-order valence-corrected chi connectivity index (χ0v) is 14.8. The van der Waals surface area contributed by atoms with Gasteiger partial charge in [-0.3, -0.25) is 4.79 Å². The highest BCUT2D eigenvalue weighted by molar-refractivity contribution is 5.95. The van der Waals surface area contributed by atoms with Gasteiger partial charge in [-0.25, -0.2) is 0 Å². The molecule has 0 saturated heterocycles. The summed E-state index contributed by atoms with van der Waals surface area (Å²) in [4.78, 5) is 12.3. The number of para-hydroxylation sites is 1. The second-order valence-electron chi connectivity index (χ2n) is 6.01. The number of nitrogens with zero attached hydrogens (tertiary/aromatic N) is 1. The van der Waals surface area contributed by atoms with Crippen LogP contribution >= 0.6 is 0 Å². The van der Waals surface area contributed by atoms with E-state index in [1.54, 1.807) is 31.2 Å². The van der Waals surface area contributed by atoms with Gasteiger partial charge in [-0.05, 0) is 49.6 Å². The molecule has 2 aromatic carbocycles. The van der Waals surface area contributed by atoms with E-state index in [-0.39, 0.29) is 5.91 Å². The maximum atomic E-state index is 12.3. The Kier molecular flexibility index (Phi) is 7.03. The summed E-state index contributed by atoms with van der Waals surface area (Å²) in [6.45, 7) is 3.89. The Bertz CT molecular complexity index is 732. The molecule has 0 unspecified atom stereocenters. The minimum absolute atomic E-state index is 0.283. The summed E-state index contributed by atoms with van der Waals surface area (Å²) in [7, 11) is 0. The molecule has 4 nitrogen and oxygen atoms in total. The lowest BCUT2D eigenvalue weighted by Crippen LogP contribution is -2.30. The van der Waals surface area contributed by atoms with E-state index < -0.39 is 6.10 Å². The summed E-state index contributed by atoms with van der Waals surface area (Å²) in [5.74, 6) is 0.380. The smallest absolute Gasteiger partial charge is 0.265 e. The summed E-state index contributed by atoms with van der Waals surface area (Å²) in [5.41, 5.74) is 2.21. The molecular weight excluding hydrogens is 312 g/mol. The quantitative estimate of drug-likeness (QED) is 0.711. The SMILES string of the molecule is CCCCCc1ccc(O[C@@H](C)C(=O)Nc2ccccc2C#N)cc1. The van der Waals surface area contributed by atoms with Crippen molar-refractivity contribution in [3.63, 3.8) is 0 Å². The number of hydrogen-bond donors (Lipinski definition) is 1. The normalized spacial score (nSPS) is 11.4. The predicted octanol–water partition coefficient (Wildman–Crippen LogP) is 4.70. The van der Waals surface area contributed by atoms with Gasteiger partial charge in [0.25, 0.3) is 5.91 Å². The molecule has 0 aliphatic rings. The molecule has 0 saturated carbocycles. The molecule has 1 atom stereocenters. The first-order valence-electron chi connectivity index (χ1n) is 8.69. The lowest BCUT2D eigenvalue weighted by atomic mass is 10.1. The summed E-state index contributed by atoms with van der Waals surface area (Å²) in [5, 5.41) is 11.8. The number of nitriles is 1. The van der Waals surface area contributed by atoms with Gasteiger partial charge in [-0.2, -0.15) is 5.26 Å². The van der Waals surface area contributed by atoms with Crippen molar-refractivity contribution in [2.24, 2.45) is 0 Å². The Balaban J connectivity index is 1.91. The van der Waals surface area contributed by atoms with E-state index in [1.807, 2.05) is 24.3 Å². The van der Waals surface area contributed by atoms with Crippen LogP contribution in [0, 0.1) is 11.3 Å². The van der Waals surface area contributed by atoms with Crippen LogP contribution in [-0.2, 0) is 11.2 Å². The number of carbonyl (C=O) groups excluding carboxylic acids is 1.